The standard InChI is InChI=1S/C35H41ClF3N9O4/c1-4-27-30(44-14-15-45(20(2)18-44)28-17-40-47(32(28)50)23-6-5-7-23)33(51)48-34(42-31(43-48)21-8-11-24(52-3)12-9-21)46(27)19-29(49)41-26-13-10-22(16-25(26)36)35(37,38)39/h8,10,13,16-17,20,23-24,40H,4-7,9,11-12,14-15,18-19H2,1-3H3,(H,41,49)/t20-,24?/m1/s1. The fraction of sp³-hybridized carbons (Fsp3) is 0.514. The first-order chi connectivity index (χ1) is 24.9. The van der Waals surface area contributed by atoms with E-state index in [4.69, 9.17) is 21.3 Å². The van der Waals surface area contributed by atoms with E-state index in [-0.39, 0.29) is 52.3 Å². The third-order valence-corrected chi connectivity index (χ3v) is 10.8. The number of H-pyrrole nitrogens is 1. The highest BCUT2D eigenvalue weighted by Crippen LogP contribution is 2.35. The third kappa shape index (κ3) is 6.62. The lowest BCUT2D eigenvalue weighted by Crippen LogP contribution is -2.55. The van der Waals surface area contributed by atoms with Crippen molar-refractivity contribution in [3.8, 4) is 0 Å². The van der Waals surface area contributed by atoms with Gasteiger partial charge in [-0.05, 0) is 75.6 Å². The molecule has 7 rings (SSSR count). The van der Waals surface area contributed by atoms with Gasteiger partial charge in [0.25, 0.3) is 11.1 Å². The highest BCUT2D eigenvalue weighted by molar-refractivity contribution is 6.33. The molecule has 13 nitrogen and oxygen atoms in total. The fourth-order valence-electron chi connectivity index (χ4n) is 7.43. The number of halogens is 4. The Morgan fingerprint density at radius 1 is 1.15 bits per heavy atom. The van der Waals surface area contributed by atoms with Crippen LogP contribution in [0.5, 0.6) is 0 Å². The molecule has 17 heteroatoms. The van der Waals surface area contributed by atoms with Crippen molar-refractivity contribution in [2.45, 2.75) is 89.7 Å². The van der Waals surface area contributed by atoms with Gasteiger partial charge in [-0.3, -0.25) is 14.4 Å². The SMILES string of the molecule is CCc1c(N2CCN(c3c[nH]n(C4CCC4)c3=O)[C@H](C)C2)c(=O)n2nc(C3=CCC(OC)CC3)nc2n1CC(=O)Nc1ccc(C(F)(F)F)cc1Cl. The quantitative estimate of drug-likeness (QED) is 0.237. The van der Waals surface area contributed by atoms with Crippen LogP contribution in [0.2, 0.25) is 5.02 Å². The number of hydrogen-bond acceptors (Lipinski definition) is 8. The molecule has 0 bridgehead atoms. The van der Waals surface area contributed by atoms with E-state index in [2.05, 4.69) is 20.4 Å². The Hall–Kier alpha value is -4.57. The number of carbonyl (C=O) groups is 1. The molecular weight excluding hydrogens is 703 g/mol. The predicted octanol–water partition coefficient (Wildman–Crippen LogP) is 5.28. The van der Waals surface area contributed by atoms with Crippen molar-refractivity contribution in [2.24, 2.45) is 0 Å². The van der Waals surface area contributed by atoms with Crippen LogP contribution in [0.1, 0.15) is 75.5 Å². The topological polar surface area (TPSA) is 135 Å². The molecule has 1 saturated carbocycles. The maximum atomic E-state index is 14.4. The van der Waals surface area contributed by atoms with Gasteiger partial charge in [-0.1, -0.05) is 24.6 Å². The van der Waals surface area contributed by atoms with Crippen molar-refractivity contribution >= 4 is 45.9 Å². The molecule has 1 saturated heterocycles. The number of benzene rings is 1. The number of rotatable bonds is 9. The first-order valence-corrected chi connectivity index (χ1v) is 18.0. The van der Waals surface area contributed by atoms with Gasteiger partial charge < -0.3 is 29.5 Å². The van der Waals surface area contributed by atoms with Gasteiger partial charge >= 0.3 is 6.18 Å². The van der Waals surface area contributed by atoms with Gasteiger partial charge in [-0.15, -0.1) is 5.10 Å². The van der Waals surface area contributed by atoms with E-state index in [1.165, 1.54) is 4.52 Å². The summed E-state index contributed by atoms with van der Waals surface area (Å²) in [6.07, 6.45) is 4.73. The molecule has 1 amide bonds. The van der Waals surface area contributed by atoms with E-state index in [0.717, 1.165) is 49.5 Å². The van der Waals surface area contributed by atoms with Crippen LogP contribution in [0.25, 0.3) is 11.4 Å². The molecule has 2 aliphatic carbocycles. The van der Waals surface area contributed by atoms with Crippen molar-refractivity contribution in [3.05, 3.63) is 73.3 Å². The summed E-state index contributed by atoms with van der Waals surface area (Å²) in [5.41, 5.74) is 1.04. The normalized spacial score (nSPS) is 19.9. The van der Waals surface area contributed by atoms with Gasteiger partial charge in [0, 0.05) is 39.0 Å². The Balaban J connectivity index is 1.24. The average Bonchev–Trinajstić information content (AvgIpc) is 3.70. The van der Waals surface area contributed by atoms with Gasteiger partial charge in [-0.2, -0.15) is 22.7 Å². The number of piperazine rings is 1. The number of allylic oxidation sites excluding steroid dienone is 1. The Morgan fingerprint density at radius 2 is 1.94 bits per heavy atom. The zero-order chi connectivity index (χ0) is 36.9. The predicted molar refractivity (Wildman–Crippen MR) is 191 cm³/mol. The molecule has 1 unspecified atom stereocenters. The number of hydrogen-bond donors (Lipinski definition) is 2. The molecular formula is C35H41ClF3N9O4. The molecule has 0 radical (unpaired) electrons. The van der Waals surface area contributed by atoms with Crippen LogP contribution in [0.15, 0.2) is 40.1 Å². The van der Waals surface area contributed by atoms with Crippen LogP contribution in [-0.4, -0.2) is 73.7 Å². The molecule has 1 aliphatic heterocycles. The summed E-state index contributed by atoms with van der Waals surface area (Å²) in [6.45, 7) is 4.88. The largest absolute Gasteiger partial charge is 0.416 e. The first kappa shape index (κ1) is 35.8. The Morgan fingerprint density at radius 3 is 2.56 bits per heavy atom. The monoisotopic (exact) mass is 743 g/mol. The maximum Gasteiger partial charge on any atom is 0.416 e. The number of alkyl halides is 3. The van der Waals surface area contributed by atoms with Crippen LogP contribution in [0, 0.1) is 0 Å². The van der Waals surface area contributed by atoms with Crippen molar-refractivity contribution in [3.63, 3.8) is 0 Å². The van der Waals surface area contributed by atoms with Gasteiger partial charge in [0.1, 0.15) is 17.9 Å². The Kier molecular flexibility index (Phi) is 9.71. The maximum absolute atomic E-state index is 14.4. The molecule has 4 heterocycles. The van der Waals surface area contributed by atoms with Gasteiger partial charge in [0.2, 0.25) is 11.7 Å². The number of aromatic nitrogens is 6. The number of aromatic amines is 1. The number of ether oxygens (including phenoxy) is 1. The van der Waals surface area contributed by atoms with Crippen LogP contribution in [0.4, 0.5) is 30.2 Å². The van der Waals surface area contributed by atoms with E-state index in [1.54, 1.807) is 22.6 Å². The van der Waals surface area contributed by atoms with Crippen molar-refractivity contribution in [2.75, 3.05) is 41.9 Å². The summed E-state index contributed by atoms with van der Waals surface area (Å²) in [6, 6.07) is 2.78. The van der Waals surface area contributed by atoms with Crippen LogP contribution >= 0.6 is 11.6 Å². The van der Waals surface area contributed by atoms with E-state index >= 15 is 0 Å². The zero-order valence-electron chi connectivity index (χ0n) is 29.2. The molecule has 1 aromatic carbocycles. The fourth-order valence-corrected chi connectivity index (χ4v) is 7.66. The number of carbonyl (C=O) groups excluding carboxylic acids is 1. The van der Waals surface area contributed by atoms with E-state index in [0.29, 0.717) is 61.8 Å². The number of amides is 1. The summed E-state index contributed by atoms with van der Waals surface area (Å²) >= 11 is 6.16. The average molecular weight is 744 g/mol. The molecule has 52 heavy (non-hydrogen) atoms. The minimum atomic E-state index is -4.59. The second kappa shape index (κ2) is 14.1. The lowest BCUT2D eigenvalue weighted by molar-refractivity contribution is -0.137. The van der Waals surface area contributed by atoms with Crippen molar-refractivity contribution in [1.29, 1.82) is 0 Å². The third-order valence-electron chi connectivity index (χ3n) is 10.5. The zero-order valence-corrected chi connectivity index (χ0v) is 29.9. The van der Waals surface area contributed by atoms with E-state index < -0.39 is 17.6 Å². The Bertz CT molecular complexity index is 2150. The number of anilines is 3. The van der Waals surface area contributed by atoms with Crippen molar-refractivity contribution < 1.29 is 22.7 Å². The molecule has 3 aromatic heterocycles. The highest BCUT2D eigenvalue weighted by atomic mass is 35.5. The lowest BCUT2D eigenvalue weighted by atomic mass is 9.93. The van der Waals surface area contributed by atoms with Crippen LogP contribution < -0.4 is 26.2 Å². The Labute approximate surface area is 302 Å². The van der Waals surface area contributed by atoms with Crippen molar-refractivity contribution in [1.82, 2.24) is 28.9 Å². The number of nitrogens with zero attached hydrogens (tertiary/aromatic N) is 7. The molecule has 2 atom stereocenters. The van der Waals surface area contributed by atoms with Gasteiger partial charge in [0.15, 0.2) is 5.82 Å². The summed E-state index contributed by atoms with van der Waals surface area (Å²) in [4.78, 5) is 50.1. The minimum absolute atomic E-state index is 0.0169. The van der Waals surface area contributed by atoms with E-state index in [1.807, 2.05) is 24.8 Å². The molecule has 278 valence electrons. The first-order valence-electron chi connectivity index (χ1n) is 17.6. The van der Waals surface area contributed by atoms with Gasteiger partial charge in [0.05, 0.1) is 34.1 Å². The lowest BCUT2D eigenvalue weighted by Gasteiger charge is -2.41. The molecule has 2 fully saturated rings. The molecule has 3 aliphatic rings. The van der Waals surface area contributed by atoms with E-state index in [9.17, 15) is 27.6 Å². The minimum Gasteiger partial charge on any atom is -0.381 e. The molecule has 2 N–H and O–H groups in total. The number of methoxy groups -OCH3 is 1. The number of nitrogens with one attached hydrogen (secondary N) is 2. The second-order valence-electron chi connectivity index (χ2n) is 13.7. The van der Waals surface area contributed by atoms with Crippen LogP contribution in [0.3, 0.4) is 0 Å². The summed E-state index contributed by atoms with van der Waals surface area (Å²) in [5, 5.41) is 10.2. The molecule has 4 aromatic rings. The van der Waals surface area contributed by atoms with Crippen LogP contribution in [-0.2, 0) is 28.7 Å². The van der Waals surface area contributed by atoms with Gasteiger partial charge in [-0.25, -0.2) is 4.68 Å². The summed E-state index contributed by atoms with van der Waals surface area (Å²) in [7, 11) is 1.67. The molecule has 0 spiro atoms. The highest BCUT2D eigenvalue weighted by Gasteiger charge is 2.34. The summed E-state index contributed by atoms with van der Waals surface area (Å²) < 4.78 is 49.8. The smallest absolute Gasteiger partial charge is 0.381 e. The second-order valence-corrected chi connectivity index (χ2v) is 14.1. The number of fused-ring (bicyclic) bond motifs is 1. The summed E-state index contributed by atoms with van der Waals surface area (Å²) in [5.74, 6) is -0.0376.